The summed E-state index contributed by atoms with van der Waals surface area (Å²) in [6.07, 6.45) is -1.95. The molecule has 2 N–H and O–H groups in total. The lowest BCUT2D eigenvalue weighted by Crippen LogP contribution is -2.17. The molecule has 1 amide bonds. The Morgan fingerprint density at radius 1 is 1.19 bits per heavy atom. The fourth-order valence-electron chi connectivity index (χ4n) is 2.11. The van der Waals surface area contributed by atoms with E-state index >= 15 is 0 Å². The summed E-state index contributed by atoms with van der Waals surface area (Å²) in [4.78, 5) is 16.3. The Balaban J connectivity index is 1.75. The van der Waals surface area contributed by atoms with E-state index in [1.165, 1.54) is 30.6 Å². The van der Waals surface area contributed by atoms with Gasteiger partial charge >= 0.3 is 6.36 Å². The van der Waals surface area contributed by atoms with Gasteiger partial charge in [-0.05, 0) is 36.4 Å². The number of hydrogen-bond donors (Lipinski definition) is 2. The minimum Gasteiger partial charge on any atom is -0.406 e. The number of hydrogen-bond acceptors (Lipinski definition) is 4. The molecule has 0 atom stereocenters. The van der Waals surface area contributed by atoms with Crippen LogP contribution in [0.2, 0.25) is 5.15 Å². The van der Waals surface area contributed by atoms with Gasteiger partial charge in [-0.1, -0.05) is 11.6 Å². The number of nitrogens with zero attached hydrogens (tertiary/aromatic N) is 2. The van der Waals surface area contributed by atoms with E-state index in [0.29, 0.717) is 16.9 Å². The van der Waals surface area contributed by atoms with E-state index in [9.17, 15) is 18.0 Å². The van der Waals surface area contributed by atoms with Crippen LogP contribution in [0.3, 0.4) is 0 Å². The van der Waals surface area contributed by atoms with Gasteiger partial charge in [0.05, 0.1) is 11.3 Å². The Kier molecular flexibility index (Phi) is 4.81. The number of pyridine rings is 1. The average molecular weight is 383 g/mol. The fourth-order valence-corrected chi connectivity index (χ4v) is 2.32. The lowest BCUT2D eigenvalue weighted by Gasteiger charge is -2.10. The number of halogens is 4. The normalized spacial score (nSPS) is 11.2. The molecule has 0 aliphatic heterocycles. The largest absolute Gasteiger partial charge is 0.573 e. The van der Waals surface area contributed by atoms with Gasteiger partial charge in [-0.3, -0.25) is 9.89 Å². The van der Waals surface area contributed by atoms with E-state index in [1.807, 2.05) is 0 Å². The summed E-state index contributed by atoms with van der Waals surface area (Å²) in [5, 5.41) is 9.28. The molecule has 2 aromatic heterocycles. The number of carbonyl (C=O) groups excluding carboxylic acids is 1. The maximum absolute atomic E-state index is 12.3. The molecule has 0 aliphatic rings. The smallest absolute Gasteiger partial charge is 0.406 e. The first-order chi connectivity index (χ1) is 12.3. The van der Waals surface area contributed by atoms with E-state index < -0.39 is 12.3 Å². The third-order valence-electron chi connectivity index (χ3n) is 3.24. The van der Waals surface area contributed by atoms with Gasteiger partial charge in [0, 0.05) is 23.6 Å². The molecule has 0 unspecified atom stereocenters. The van der Waals surface area contributed by atoms with Crippen molar-refractivity contribution in [1.29, 1.82) is 0 Å². The minimum atomic E-state index is -4.77. The van der Waals surface area contributed by atoms with Crippen molar-refractivity contribution >= 4 is 23.2 Å². The Morgan fingerprint density at radius 2 is 1.92 bits per heavy atom. The number of aromatic nitrogens is 3. The molecule has 0 aliphatic carbocycles. The van der Waals surface area contributed by atoms with Crippen molar-refractivity contribution < 1.29 is 22.7 Å². The second kappa shape index (κ2) is 7.04. The summed E-state index contributed by atoms with van der Waals surface area (Å²) in [6, 6.07) is 7.97. The van der Waals surface area contributed by atoms with Crippen molar-refractivity contribution in [1.82, 2.24) is 15.2 Å². The van der Waals surface area contributed by atoms with Gasteiger partial charge in [0.2, 0.25) is 0 Å². The van der Waals surface area contributed by atoms with E-state index in [2.05, 4.69) is 25.2 Å². The first-order valence-electron chi connectivity index (χ1n) is 7.14. The van der Waals surface area contributed by atoms with Crippen molar-refractivity contribution in [3.8, 4) is 17.0 Å². The number of H-pyrrole nitrogens is 1. The minimum absolute atomic E-state index is 0.194. The Labute approximate surface area is 150 Å². The summed E-state index contributed by atoms with van der Waals surface area (Å²) < 4.78 is 40.2. The number of alkyl halides is 3. The predicted molar refractivity (Wildman–Crippen MR) is 87.9 cm³/mol. The number of amides is 1. The molecule has 0 bridgehead atoms. The van der Waals surface area contributed by atoms with Crippen LogP contribution in [-0.2, 0) is 0 Å². The van der Waals surface area contributed by atoms with E-state index in [0.717, 1.165) is 12.1 Å². The summed E-state index contributed by atoms with van der Waals surface area (Å²) in [5.41, 5.74) is 1.59. The molecule has 0 saturated heterocycles. The number of ether oxygens (including phenoxy) is 1. The van der Waals surface area contributed by atoms with Crippen LogP contribution in [0.15, 0.2) is 48.8 Å². The zero-order chi connectivity index (χ0) is 18.7. The number of nitrogens with one attached hydrogen (secondary N) is 2. The fraction of sp³-hybridized carbons (Fsp3) is 0.0625. The zero-order valence-electron chi connectivity index (χ0n) is 12.8. The van der Waals surface area contributed by atoms with E-state index in [-0.39, 0.29) is 16.5 Å². The van der Waals surface area contributed by atoms with Gasteiger partial charge in [0.1, 0.15) is 10.9 Å². The zero-order valence-corrected chi connectivity index (χ0v) is 13.6. The molecular formula is C16H10ClF3N4O2. The summed E-state index contributed by atoms with van der Waals surface area (Å²) >= 11 is 6.03. The molecular weight excluding hydrogens is 373 g/mol. The highest BCUT2D eigenvalue weighted by molar-refractivity contribution is 6.32. The SMILES string of the molecule is O=C(Nc1ccc(OC(F)(F)F)cc1)c1cnc(Cl)c(-c2ccn[nH]2)c1. The van der Waals surface area contributed by atoms with Gasteiger partial charge in [0.25, 0.3) is 5.91 Å². The van der Waals surface area contributed by atoms with Crippen LogP contribution < -0.4 is 10.1 Å². The van der Waals surface area contributed by atoms with Crippen LogP contribution >= 0.6 is 11.6 Å². The molecule has 0 spiro atoms. The third-order valence-corrected chi connectivity index (χ3v) is 3.54. The molecule has 2 heterocycles. The molecule has 0 fully saturated rings. The molecule has 6 nitrogen and oxygen atoms in total. The molecule has 0 radical (unpaired) electrons. The van der Waals surface area contributed by atoms with Crippen LogP contribution in [0.5, 0.6) is 5.75 Å². The number of benzene rings is 1. The van der Waals surface area contributed by atoms with Gasteiger partial charge in [-0.25, -0.2) is 4.98 Å². The van der Waals surface area contributed by atoms with Crippen LogP contribution in [0.25, 0.3) is 11.3 Å². The highest BCUT2D eigenvalue weighted by atomic mass is 35.5. The Morgan fingerprint density at radius 3 is 2.54 bits per heavy atom. The van der Waals surface area contributed by atoms with Crippen LogP contribution in [0.4, 0.5) is 18.9 Å². The lowest BCUT2D eigenvalue weighted by molar-refractivity contribution is -0.274. The Hall–Kier alpha value is -3.07. The van der Waals surface area contributed by atoms with Crippen molar-refractivity contribution in [2.75, 3.05) is 5.32 Å². The van der Waals surface area contributed by atoms with Crippen LogP contribution in [0, 0.1) is 0 Å². The highest BCUT2D eigenvalue weighted by Crippen LogP contribution is 2.26. The molecule has 0 saturated carbocycles. The summed E-state index contributed by atoms with van der Waals surface area (Å²) in [7, 11) is 0. The molecule has 1 aromatic carbocycles. The van der Waals surface area contributed by atoms with E-state index in [4.69, 9.17) is 11.6 Å². The van der Waals surface area contributed by atoms with Crippen molar-refractivity contribution in [2.45, 2.75) is 6.36 Å². The predicted octanol–water partition coefficient (Wildman–Crippen LogP) is 4.28. The van der Waals surface area contributed by atoms with Gasteiger partial charge in [-0.15, -0.1) is 13.2 Å². The van der Waals surface area contributed by atoms with Crippen LogP contribution in [-0.4, -0.2) is 27.5 Å². The number of rotatable bonds is 4. The number of aromatic amines is 1. The maximum Gasteiger partial charge on any atom is 0.573 e. The first-order valence-corrected chi connectivity index (χ1v) is 7.52. The second-order valence-corrected chi connectivity index (χ2v) is 5.42. The van der Waals surface area contributed by atoms with Crippen LogP contribution in [0.1, 0.15) is 10.4 Å². The Bertz CT molecular complexity index is 912. The molecule has 3 rings (SSSR count). The van der Waals surface area contributed by atoms with Gasteiger partial charge < -0.3 is 10.1 Å². The molecule has 134 valence electrons. The standard InChI is InChI=1S/C16H10ClF3N4O2/c17-14-12(13-5-6-22-24-13)7-9(8-21-14)15(25)23-10-1-3-11(4-2-10)26-16(18,19)20/h1-8H,(H,22,24)(H,23,25). The van der Waals surface area contributed by atoms with Crippen molar-refractivity contribution in [2.24, 2.45) is 0 Å². The third kappa shape index (κ3) is 4.31. The molecule has 10 heteroatoms. The number of carbonyl (C=O) groups is 1. The van der Waals surface area contributed by atoms with Crippen molar-refractivity contribution in [3.63, 3.8) is 0 Å². The first kappa shape index (κ1) is 17.7. The lowest BCUT2D eigenvalue weighted by atomic mass is 10.1. The van der Waals surface area contributed by atoms with Crippen molar-refractivity contribution in [3.05, 3.63) is 59.5 Å². The molecule has 3 aromatic rings. The van der Waals surface area contributed by atoms with E-state index in [1.54, 1.807) is 6.07 Å². The van der Waals surface area contributed by atoms with Gasteiger partial charge in [-0.2, -0.15) is 5.10 Å². The quantitative estimate of drug-likeness (QED) is 0.660. The average Bonchev–Trinajstić information content (AvgIpc) is 3.10. The maximum atomic E-state index is 12.3. The highest BCUT2D eigenvalue weighted by Gasteiger charge is 2.30. The monoisotopic (exact) mass is 382 g/mol. The van der Waals surface area contributed by atoms with Gasteiger partial charge in [0.15, 0.2) is 0 Å². The second-order valence-electron chi connectivity index (χ2n) is 5.06. The number of anilines is 1. The molecule has 26 heavy (non-hydrogen) atoms. The summed E-state index contributed by atoms with van der Waals surface area (Å²) in [5.74, 6) is -0.885. The summed E-state index contributed by atoms with van der Waals surface area (Å²) in [6.45, 7) is 0. The topological polar surface area (TPSA) is 79.9 Å².